The van der Waals surface area contributed by atoms with Crippen LogP contribution in [0.1, 0.15) is 21.5 Å². The molecule has 0 atom stereocenters. The van der Waals surface area contributed by atoms with Crippen molar-refractivity contribution in [3.8, 4) is 0 Å². The van der Waals surface area contributed by atoms with Gasteiger partial charge < -0.3 is 10.2 Å². The van der Waals surface area contributed by atoms with Crippen LogP contribution in [0.25, 0.3) is 0 Å². The Bertz CT molecular complexity index is 758. The van der Waals surface area contributed by atoms with Crippen LogP contribution in [0, 0.1) is 5.82 Å². The van der Waals surface area contributed by atoms with Gasteiger partial charge in [-0.1, -0.05) is 18.2 Å². The molecule has 2 aromatic carbocycles. The number of rotatable bonds is 3. The second-order valence-electron chi connectivity index (χ2n) is 5.25. The molecular weight excluding hydrogens is 283 g/mol. The number of nitrogens with zero attached hydrogens (tertiary/aromatic N) is 1. The van der Waals surface area contributed by atoms with E-state index in [9.17, 15) is 14.0 Å². The minimum Gasteiger partial charge on any atom is -0.348 e. The molecule has 2 amide bonds. The highest BCUT2D eigenvalue weighted by Gasteiger charge is 2.24. The maximum atomic E-state index is 13.5. The quantitative estimate of drug-likeness (QED) is 0.945. The van der Waals surface area contributed by atoms with Gasteiger partial charge in [-0.25, -0.2) is 4.39 Å². The Kier molecular flexibility index (Phi) is 3.63. The zero-order chi connectivity index (χ0) is 15.7. The summed E-state index contributed by atoms with van der Waals surface area (Å²) >= 11 is 0. The average molecular weight is 298 g/mol. The first-order chi connectivity index (χ1) is 10.6. The van der Waals surface area contributed by atoms with Gasteiger partial charge >= 0.3 is 0 Å². The van der Waals surface area contributed by atoms with Crippen LogP contribution in [0.15, 0.2) is 42.5 Å². The zero-order valence-electron chi connectivity index (χ0n) is 12.1. The van der Waals surface area contributed by atoms with E-state index < -0.39 is 0 Å². The molecule has 1 heterocycles. The molecular formula is C17H15FN2O2. The molecule has 0 radical (unpaired) electrons. The molecule has 0 bridgehead atoms. The molecule has 0 unspecified atom stereocenters. The Morgan fingerprint density at radius 3 is 2.82 bits per heavy atom. The van der Waals surface area contributed by atoms with Crippen molar-refractivity contribution in [2.45, 2.75) is 13.0 Å². The molecule has 0 saturated carbocycles. The van der Waals surface area contributed by atoms with Gasteiger partial charge in [0.05, 0.1) is 6.42 Å². The number of benzene rings is 2. The standard InChI is InChI=1S/C17H15FN2O2/c1-20-15-7-6-11(8-13(15)9-16(20)21)17(22)19-10-12-4-2-3-5-14(12)18/h2-8H,9-10H2,1H3,(H,19,22). The maximum Gasteiger partial charge on any atom is 0.251 e. The number of fused-ring (bicyclic) bond motifs is 1. The van der Waals surface area contributed by atoms with Crippen LogP contribution in [0.3, 0.4) is 0 Å². The highest BCUT2D eigenvalue weighted by Crippen LogP contribution is 2.28. The number of carbonyl (C=O) groups is 2. The van der Waals surface area contributed by atoms with Crippen LogP contribution in [-0.2, 0) is 17.8 Å². The van der Waals surface area contributed by atoms with Crippen LogP contribution in [0.5, 0.6) is 0 Å². The van der Waals surface area contributed by atoms with E-state index in [1.165, 1.54) is 6.07 Å². The van der Waals surface area contributed by atoms with Crippen molar-refractivity contribution in [1.29, 1.82) is 0 Å². The van der Waals surface area contributed by atoms with Gasteiger partial charge in [0.1, 0.15) is 5.82 Å². The number of nitrogens with one attached hydrogen (secondary N) is 1. The number of anilines is 1. The first-order valence-corrected chi connectivity index (χ1v) is 6.97. The Labute approximate surface area is 127 Å². The van der Waals surface area contributed by atoms with Crippen molar-refractivity contribution in [2.75, 3.05) is 11.9 Å². The first-order valence-electron chi connectivity index (χ1n) is 6.97. The summed E-state index contributed by atoms with van der Waals surface area (Å²) in [5, 5.41) is 2.69. The van der Waals surface area contributed by atoms with E-state index in [-0.39, 0.29) is 24.2 Å². The third kappa shape index (κ3) is 2.57. The maximum absolute atomic E-state index is 13.5. The van der Waals surface area contributed by atoms with Crippen LogP contribution >= 0.6 is 0 Å². The van der Waals surface area contributed by atoms with Crippen LogP contribution in [-0.4, -0.2) is 18.9 Å². The summed E-state index contributed by atoms with van der Waals surface area (Å²) < 4.78 is 13.5. The van der Waals surface area contributed by atoms with Crippen molar-refractivity contribution >= 4 is 17.5 Å². The minimum atomic E-state index is -0.344. The summed E-state index contributed by atoms with van der Waals surface area (Å²) in [6.07, 6.45) is 0.306. The van der Waals surface area contributed by atoms with E-state index in [2.05, 4.69) is 5.32 Å². The van der Waals surface area contributed by atoms with E-state index >= 15 is 0 Å². The number of carbonyl (C=O) groups excluding carboxylic acids is 2. The molecule has 0 spiro atoms. The molecule has 3 rings (SSSR count). The average Bonchev–Trinajstić information content (AvgIpc) is 2.80. The van der Waals surface area contributed by atoms with E-state index in [1.54, 1.807) is 48.3 Å². The molecule has 4 nitrogen and oxygen atoms in total. The fourth-order valence-electron chi connectivity index (χ4n) is 2.53. The number of hydrogen-bond acceptors (Lipinski definition) is 2. The molecule has 2 aromatic rings. The Balaban J connectivity index is 1.73. The van der Waals surface area contributed by atoms with E-state index in [0.717, 1.165) is 11.3 Å². The molecule has 0 aliphatic carbocycles. The van der Waals surface area contributed by atoms with Gasteiger partial charge in [-0.05, 0) is 29.8 Å². The van der Waals surface area contributed by atoms with E-state index in [4.69, 9.17) is 0 Å². The molecule has 22 heavy (non-hydrogen) atoms. The molecule has 112 valence electrons. The zero-order valence-corrected chi connectivity index (χ0v) is 12.1. The Morgan fingerprint density at radius 1 is 1.27 bits per heavy atom. The van der Waals surface area contributed by atoms with Gasteiger partial charge in [-0.15, -0.1) is 0 Å². The van der Waals surface area contributed by atoms with Crippen molar-refractivity contribution < 1.29 is 14.0 Å². The predicted molar refractivity (Wildman–Crippen MR) is 81.1 cm³/mol. The number of halogens is 1. The highest BCUT2D eigenvalue weighted by molar-refractivity contribution is 6.03. The Morgan fingerprint density at radius 2 is 2.05 bits per heavy atom. The Hall–Kier alpha value is -2.69. The second-order valence-corrected chi connectivity index (χ2v) is 5.25. The van der Waals surface area contributed by atoms with Gasteiger partial charge in [0.15, 0.2) is 0 Å². The topological polar surface area (TPSA) is 49.4 Å². The lowest BCUT2D eigenvalue weighted by Gasteiger charge is -2.11. The van der Waals surface area contributed by atoms with E-state index in [1.807, 2.05) is 0 Å². The third-order valence-corrected chi connectivity index (χ3v) is 3.82. The lowest BCUT2D eigenvalue weighted by Crippen LogP contribution is -2.23. The van der Waals surface area contributed by atoms with Crippen molar-refractivity contribution in [2.24, 2.45) is 0 Å². The number of hydrogen-bond donors (Lipinski definition) is 1. The van der Waals surface area contributed by atoms with E-state index in [0.29, 0.717) is 17.5 Å². The van der Waals surface area contributed by atoms with Crippen LogP contribution in [0.2, 0.25) is 0 Å². The summed E-state index contributed by atoms with van der Waals surface area (Å²) in [5.41, 5.74) is 2.58. The number of amides is 2. The highest BCUT2D eigenvalue weighted by atomic mass is 19.1. The third-order valence-electron chi connectivity index (χ3n) is 3.82. The minimum absolute atomic E-state index is 0.0129. The molecule has 5 heteroatoms. The fourth-order valence-corrected chi connectivity index (χ4v) is 2.53. The van der Waals surface area contributed by atoms with Gasteiger partial charge in [0.25, 0.3) is 5.91 Å². The lowest BCUT2D eigenvalue weighted by atomic mass is 10.1. The summed E-state index contributed by atoms with van der Waals surface area (Å²) in [6.45, 7) is 0.126. The SMILES string of the molecule is CN1C(=O)Cc2cc(C(=O)NCc3ccccc3F)ccc21. The lowest BCUT2D eigenvalue weighted by molar-refractivity contribution is -0.117. The van der Waals surface area contributed by atoms with Crippen molar-refractivity contribution in [1.82, 2.24) is 5.32 Å². The molecule has 1 aliphatic heterocycles. The van der Waals surface area contributed by atoms with Gasteiger partial charge in [0.2, 0.25) is 5.91 Å². The first kappa shape index (κ1) is 14.3. The second kappa shape index (κ2) is 5.60. The normalized spacial score (nSPS) is 13.2. The largest absolute Gasteiger partial charge is 0.348 e. The monoisotopic (exact) mass is 298 g/mol. The summed E-state index contributed by atoms with van der Waals surface area (Å²) in [7, 11) is 1.71. The van der Waals surface area contributed by atoms with Gasteiger partial charge in [0, 0.05) is 30.4 Å². The summed E-state index contributed by atoms with van der Waals surface area (Å²) in [6, 6.07) is 11.5. The molecule has 1 N–H and O–H groups in total. The molecule has 0 saturated heterocycles. The molecule has 1 aliphatic rings. The fraction of sp³-hybridized carbons (Fsp3) is 0.176. The summed E-state index contributed by atoms with van der Waals surface area (Å²) in [5.74, 6) is -0.615. The molecule has 0 fully saturated rings. The number of likely N-dealkylation sites (N-methyl/N-ethyl adjacent to an activating group) is 1. The van der Waals surface area contributed by atoms with Gasteiger partial charge in [-0.3, -0.25) is 9.59 Å². The van der Waals surface area contributed by atoms with Crippen molar-refractivity contribution in [3.63, 3.8) is 0 Å². The smallest absolute Gasteiger partial charge is 0.251 e. The van der Waals surface area contributed by atoms with Crippen LogP contribution in [0.4, 0.5) is 10.1 Å². The van der Waals surface area contributed by atoms with Crippen LogP contribution < -0.4 is 10.2 Å². The summed E-state index contributed by atoms with van der Waals surface area (Å²) in [4.78, 5) is 25.4. The predicted octanol–water partition coefficient (Wildman–Crippen LogP) is 2.27. The van der Waals surface area contributed by atoms with Gasteiger partial charge in [-0.2, -0.15) is 0 Å². The molecule has 0 aromatic heterocycles. The van der Waals surface area contributed by atoms with Crippen molar-refractivity contribution in [3.05, 3.63) is 65.0 Å².